The van der Waals surface area contributed by atoms with E-state index in [1.165, 1.54) is 0 Å². The van der Waals surface area contributed by atoms with Gasteiger partial charge >= 0.3 is 0 Å². The average molecular weight is 442 g/mol. The first-order chi connectivity index (χ1) is 14.3. The Labute approximate surface area is 185 Å². The Morgan fingerprint density at radius 1 is 1.00 bits per heavy atom. The van der Waals surface area contributed by atoms with Gasteiger partial charge in [0.15, 0.2) is 0 Å². The van der Waals surface area contributed by atoms with Gasteiger partial charge in [-0.3, -0.25) is 10.1 Å². The molecule has 0 aliphatic carbocycles. The van der Waals surface area contributed by atoms with E-state index in [9.17, 15) is 9.90 Å². The number of nitrogens with zero attached hydrogens (tertiary/aromatic N) is 1. The van der Waals surface area contributed by atoms with Crippen LogP contribution in [-0.2, 0) is 4.79 Å². The summed E-state index contributed by atoms with van der Waals surface area (Å²) >= 11 is 12.2. The van der Waals surface area contributed by atoms with Crippen LogP contribution in [0, 0.1) is 6.92 Å². The van der Waals surface area contributed by atoms with E-state index in [0.717, 1.165) is 5.56 Å². The monoisotopic (exact) mass is 441 g/mol. The molecule has 0 aromatic heterocycles. The highest BCUT2D eigenvalue weighted by atomic mass is 35.5. The summed E-state index contributed by atoms with van der Waals surface area (Å²) < 4.78 is 0. The lowest BCUT2D eigenvalue weighted by Crippen LogP contribution is -2.32. The molecule has 0 saturated carbocycles. The van der Waals surface area contributed by atoms with Gasteiger partial charge in [0.2, 0.25) is 0 Å². The van der Waals surface area contributed by atoms with E-state index in [1.54, 1.807) is 54.6 Å². The number of amidine groups is 1. The maximum absolute atomic E-state index is 13.0. The molecule has 0 heterocycles. The van der Waals surface area contributed by atoms with Crippen LogP contribution in [0.1, 0.15) is 34.5 Å². The van der Waals surface area contributed by atoms with Crippen LogP contribution >= 0.6 is 23.2 Å². The van der Waals surface area contributed by atoms with Gasteiger partial charge in [-0.1, -0.05) is 77.8 Å². The lowest BCUT2D eigenvalue weighted by molar-refractivity contribution is -0.120. The van der Waals surface area contributed by atoms with Gasteiger partial charge < -0.3 is 10.8 Å². The number of rotatable bonds is 6. The number of aliphatic imine (C=N–C) groups is 1. The van der Waals surface area contributed by atoms with Crippen molar-refractivity contribution in [2.45, 2.75) is 19.2 Å². The molecule has 0 spiro atoms. The van der Waals surface area contributed by atoms with Crippen molar-refractivity contribution in [1.29, 1.82) is 0 Å². The van der Waals surface area contributed by atoms with Crippen LogP contribution in [0.2, 0.25) is 10.0 Å². The maximum atomic E-state index is 13.0. The predicted molar refractivity (Wildman–Crippen MR) is 121 cm³/mol. The first-order valence-corrected chi connectivity index (χ1v) is 10.00. The zero-order chi connectivity index (χ0) is 21.7. The first-order valence-electron chi connectivity index (χ1n) is 9.24. The molecular weight excluding hydrogens is 421 g/mol. The number of halogens is 2. The molecule has 3 aromatic rings. The SMILES string of the molecule is Cc1cc(C(O)NC(C(=O)N=C(N)c2ccccc2)c2cccc(Cl)c2)ccc1Cl. The summed E-state index contributed by atoms with van der Waals surface area (Å²) in [4.78, 5) is 17.1. The van der Waals surface area contributed by atoms with Gasteiger partial charge in [-0.25, -0.2) is 0 Å². The topological polar surface area (TPSA) is 87.7 Å². The number of amides is 1. The average Bonchev–Trinajstić information content (AvgIpc) is 2.74. The van der Waals surface area contributed by atoms with E-state index >= 15 is 0 Å². The molecule has 0 bridgehead atoms. The smallest absolute Gasteiger partial charge is 0.269 e. The summed E-state index contributed by atoms with van der Waals surface area (Å²) in [5, 5.41) is 14.7. The number of aryl methyl sites for hydroxylation is 1. The Hall–Kier alpha value is -2.70. The van der Waals surface area contributed by atoms with E-state index in [-0.39, 0.29) is 5.84 Å². The van der Waals surface area contributed by atoms with Crippen LogP contribution in [0.3, 0.4) is 0 Å². The van der Waals surface area contributed by atoms with Gasteiger partial charge in [-0.2, -0.15) is 4.99 Å². The highest BCUT2D eigenvalue weighted by Gasteiger charge is 2.24. The number of hydrogen-bond acceptors (Lipinski definition) is 3. The summed E-state index contributed by atoms with van der Waals surface area (Å²) in [7, 11) is 0. The predicted octanol–water partition coefficient (Wildman–Crippen LogP) is 4.56. The fourth-order valence-corrected chi connectivity index (χ4v) is 3.26. The molecule has 0 saturated heterocycles. The molecule has 7 heteroatoms. The molecule has 1 amide bonds. The summed E-state index contributed by atoms with van der Waals surface area (Å²) in [6, 6.07) is 20.0. The molecule has 154 valence electrons. The van der Waals surface area contributed by atoms with Gasteiger partial charge in [0.1, 0.15) is 18.1 Å². The van der Waals surface area contributed by atoms with Crippen LogP contribution in [0.5, 0.6) is 0 Å². The first kappa shape index (κ1) is 22.0. The van der Waals surface area contributed by atoms with Gasteiger partial charge in [-0.05, 0) is 41.8 Å². The molecule has 0 aliphatic heterocycles. The number of carbonyl (C=O) groups is 1. The van der Waals surface area contributed by atoms with Gasteiger partial charge in [-0.15, -0.1) is 0 Å². The molecular formula is C23H21Cl2N3O2. The van der Waals surface area contributed by atoms with Crippen LogP contribution in [0.25, 0.3) is 0 Å². The number of nitrogens with two attached hydrogens (primary N) is 1. The highest BCUT2D eigenvalue weighted by molar-refractivity contribution is 6.31. The molecule has 0 fully saturated rings. The van der Waals surface area contributed by atoms with Crippen LogP contribution in [0.4, 0.5) is 0 Å². The summed E-state index contributed by atoms with van der Waals surface area (Å²) in [5.74, 6) is -0.463. The van der Waals surface area contributed by atoms with E-state index in [1.807, 2.05) is 25.1 Å². The van der Waals surface area contributed by atoms with Crippen molar-refractivity contribution in [1.82, 2.24) is 5.32 Å². The fraction of sp³-hybridized carbons (Fsp3) is 0.130. The Morgan fingerprint density at radius 3 is 2.40 bits per heavy atom. The van der Waals surface area contributed by atoms with E-state index < -0.39 is 18.2 Å². The largest absolute Gasteiger partial charge is 0.383 e. The molecule has 30 heavy (non-hydrogen) atoms. The van der Waals surface area contributed by atoms with Crippen LogP contribution in [-0.4, -0.2) is 16.8 Å². The molecule has 3 rings (SSSR count). The van der Waals surface area contributed by atoms with Gasteiger partial charge in [0.05, 0.1) is 0 Å². The quantitative estimate of drug-likeness (QED) is 0.297. The Morgan fingerprint density at radius 2 is 1.73 bits per heavy atom. The summed E-state index contributed by atoms with van der Waals surface area (Å²) in [6.45, 7) is 1.84. The molecule has 2 unspecified atom stereocenters. The third-order valence-corrected chi connectivity index (χ3v) is 5.21. The second-order valence-electron chi connectivity index (χ2n) is 6.77. The summed E-state index contributed by atoms with van der Waals surface area (Å²) in [6.07, 6.45) is -1.14. The standard InChI is InChI=1S/C23H21Cl2N3O2/c1-14-12-17(10-11-19(14)25)22(29)27-20(16-8-5-9-18(24)13-16)23(30)28-21(26)15-6-3-2-4-7-15/h2-13,20,22,27,29H,1H3,(H2,26,28,30). The van der Waals surface area contributed by atoms with Gasteiger partial charge in [0.25, 0.3) is 5.91 Å². The van der Waals surface area contributed by atoms with Crippen molar-refractivity contribution in [2.24, 2.45) is 10.7 Å². The molecule has 0 radical (unpaired) electrons. The molecule has 3 aromatic carbocycles. The van der Waals surface area contributed by atoms with E-state index in [0.29, 0.717) is 26.7 Å². The lowest BCUT2D eigenvalue weighted by atomic mass is 10.0. The second kappa shape index (κ2) is 9.87. The number of hydrogen-bond donors (Lipinski definition) is 3. The Kier molecular flexibility index (Phi) is 7.24. The van der Waals surface area contributed by atoms with E-state index in [2.05, 4.69) is 10.3 Å². The third kappa shape index (κ3) is 5.46. The van der Waals surface area contributed by atoms with Crippen molar-refractivity contribution in [3.8, 4) is 0 Å². The number of nitrogens with one attached hydrogen (secondary N) is 1. The van der Waals surface area contributed by atoms with Gasteiger partial charge in [0, 0.05) is 15.6 Å². The van der Waals surface area contributed by atoms with Crippen LogP contribution in [0.15, 0.2) is 77.8 Å². The van der Waals surface area contributed by atoms with E-state index in [4.69, 9.17) is 28.9 Å². The van der Waals surface area contributed by atoms with Crippen molar-refractivity contribution in [3.63, 3.8) is 0 Å². The molecule has 5 nitrogen and oxygen atoms in total. The summed E-state index contributed by atoms with van der Waals surface area (Å²) in [5.41, 5.74) is 8.58. The third-order valence-electron chi connectivity index (χ3n) is 4.55. The molecule has 0 aliphatic rings. The normalized spacial score (nSPS) is 13.7. The number of aliphatic hydroxyl groups is 1. The zero-order valence-electron chi connectivity index (χ0n) is 16.2. The van der Waals surface area contributed by atoms with Crippen LogP contribution < -0.4 is 11.1 Å². The number of benzene rings is 3. The van der Waals surface area contributed by atoms with Crippen molar-refractivity contribution in [3.05, 3.63) is 105 Å². The number of aliphatic hydroxyl groups excluding tert-OH is 1. The fourth-order valence-electron chi connectivity index (χ4n) is 2.95. The van der Waals surface area contributed by atoms with Crippen molar-refractivity contribution >= 4 is 34.9 Å². The second-order valence-corrected chi connectivity index (χ2v) is 7.61. The number of carbonyl (C=O) groups excluding carboxylic acids is 1. The Bertz CT molecular complexity index is 1070. The zero-order valence-corrected chi connectivity index (χ0v) is 17.7. The van der Waals surface area contributed by atoms with Crippen molar-refractivity contribution in [2.75, 3.05) is 0 Å². The minimum Gasteiger partial charge on any atom is -0.383 e. The molecule has 4 N–H and O–H groups in total. The minimum atomic E-state index is -1.14. The highest BCUT2D eigenvalue weighted by Crippen LogP contribution is 2.25. The lowest BCUT2D eigenvalue weighted by Gasteiger charge is -2.21. The van der Waals surface area contributed by atoms with Crippen molar-refractivity contribution < 1.29 is 9.90 Å². The Balaban J connectivity index is 1.92. The minimum absolute atomic E-state index is 0.0891. The molecule has 2 atom stereocenters. The maximum Gasteiger partial charge on any atom is 0.269 e.